The molecule has 42 heavy (non-hydrogen) atoms. The van der Waals surface area contributed by atoms with Crippen molar-refractivity contribution in [2.24, 2.45) is 0 Å². The van der Waals surface area contributed by atoms with Crippen LogP contribution in [0.25, 0.3) is 21.5 Å². The molecular weight excluding hydrogens is 571 g/mol. The molecule has 8 nitrogen and oxygen atoms in total. The van der Waals surface area contributed by atoms with E-state index in [4.69, 9.17) is 14.2 Å². The first-order valence-corrected chi connectivity index (χ1v) is 14.7. The third kappa shape index (κ3) is 4.61. The van der Waals surface area contributed by atoms with Gasteiger partial charge in [-0.15, -0.1) is 0 Å². The average molecular weight is 598 g/mol. The van der Waals surface area contributed by atoms with Gasteiger partial charge in [-0.3, -0.25) is 0 Å². The number of carboxylic acids is 1. The first-order chi connectivity index (χ1) is 20.1. The third-order valence-electron chi connectivity index (χ3n) is 8.46. The normalized spacial score (nSPS) is 22.1. The molecule has 4 aromatic rings. The molecule has 3 atom stereocenters. The fraction of sp³-hybridized carbons (Fsp3) is 0.400. The van der Waals surface area contributed by atoms with Gasteiger partial charge in [-0.1, -0.05) is 34.7 Å². The van der Waals surface area contributed by atoms with E-state index >= 15 is 0 Å². The number of carbonyl (C=O) groups is 2. The molecule has 0 spiro atoms. The minimum Gasteiger partial charge on any atom is -0.478 e. The highest BCUT2D eigenvalue weighted by Gasteiger charge is 2.45. The Labute approximate surface area is 242 Å². The molecule has 1 N–H and O–H groups in total. The summed E-state index contributed by atoms with van der Waals surface area (Å²) in [4.78, 5) is 32.3. The van der Waals surface area contributed by atoms with Crippen LogP contribution in [-0.4, -0.2) is 45.4 Å². The van der Waals surface area contributed by atoms with Crippen LogP contribution in [0.1, 0.15) is 82.0 Å². The number of alkyl halides is 3. The Kier molecular flexibility index (Phi) is 6.30. The summed E-state index contributed by atoms with van der Waals surface area (Å²) in [5.41, 5.74) is 0.551. The second kappa shape index (κ2) is 9.82. The Hall–Kier alpha value is -3.93. The molecule has 1 aliphatic carbocycles. The Morgan fingerprint density at radius 3 is 2.48 bits per heavy atom. The third-order valence-corrected chi connectivity index (χ3v) is 9.48. The molecule has 12 heteroatoms. The van der Waals surface area contributed by atoms with Crippen LogP contribution in [0.5, 0.6) is 0 Å². The summed E-state index contributed by atoms with van der Waals surface area (Å²) < 4.78 is 53.7. The first-order valence-electron chi connectivity index (χ1n) is 13.9. The number of hydrogen-bond acceptors (Lipinski definition) is 8. The van der Waals surface area contributed by atoms with Crippen molar-refractivity contribution in [3.05, 3.63) is 64.4 Å². The molecule has 0 unspecified atom stereocenters. The van der Waals surface area contributed by atoms with E-state index in [0.29, 0.717) is 12.8 Å². The van der Waals surface area contributed by atoms with Crippen LogP contribution in [0.4, 0.5) is 18.3 Å². The van der Waals surface area contributed by atoms with Crippen molar-refractivity contribution in [3.63, 3.8) is 0 Å². The van der Waals surface area contributed by atoms with Gasteiger partial charge in [-0.25, -0.2) is 14.6 Å². The SMILES string of the molecule is Cc1cc(C(=O)O)cc2sc(N3[C@@H]4CC[C@H]3C[C@H](OC(=O)c3c(-c5ccccc5C(F)(F)F)noc3C3CC3)C4)nc12. The molecule has 2 aliphatic heterocycles. The zero-order chi connectivity index (χ0) is 29.3. The quantitative estimate of drug-likeness (QED) is 0.233. The van der Waals surface area contributed by atoms with E-state index < -0.39 is 29.8 Å². The van der Waals surface area contributed by atoms with Gasteiger partial charge in [0.1, 0.15) is 17.4 Å². The molecule has 7 rings (SSSR count). The molecular formula is C30H26F3N3O5S. The number of piperidine rings is 1. The number of carbonyl (C=O) groups excluding carboxylic acids is 1. The predicted molar refractivity (Wildman–Crippen MR) is 148 cm³/mol. The maximum Gasteiger partial charge on any atom is 0.417 e. The number of benzene rings is 2. The van der Waals surface area contributed by atoms with Crippen LogP contribution < -0.4 is 4.90 Å². The fourth-order valence-electron chi connectivity index (χ4n) is 6.41. The molecule has 2 saturated heterocycles. The second-order valence-corrected chi connectivity index (χ2v) is 12.3. The smallest absolute Gasteiger partial charge is 0.417 e. The van der Waals surface area contributed by atoms with Crippen LogP contribution in [0.15, 0.2) is 40.9 Å². The Bertz CT molecular complexity index is 1710. The number of aryl methyl sites for hydroxylation is 1. The van der Waals surface area contributed by atoms with Gasteiger partial charge < -0.3 is 19.3 Å². The fourth-order valence-corrected chi connectivity index (χ4v) is 7.64. The summed E-state index contributed by atoms with van der Waals surface area (Å²) in [5, 5.41) is 14.2. The highest BCUT2D eigenvalue weighted by Crippen LogP contribution is 2.47. The molecule has 0 radical (unpaired) electrons. The van der Waals surface area contributed by atoms with Crippen LogP contribution >= 0.6 is 11.3 Å². The predicted octanol–water partition coefficient (Wildman–Crippen LogP) is 7.21. The standard InChI is InChI=1S/C30H26F3N3O5S/c1-14-10-16(27(37)38)11-22-24(14)34-29(42-22)36-17-8-9-18(36)13-19(12-17)40-28(39)23-25(35-41-26(23)15-6-7-15)20-4-2-3-5-21(20)30(31,32)33/h2-5,10-11,15,17-19H,6-9,12-13H2,1H3,(H,37,38)/t17-,18+,19-. The van der Waals surface area contributed by atoms with Crippen molar-refractivity contribution in [2.75, 3.05) is 4.90 Å². The lowest BCUT2D eigenvalue weighted by Gasteiger charge is -2.38. The number of fused-ring (bicyclic) bond motifs is 3. The molecule has 4 heterocycles. The number of nitrogens with zero attached hydrogens (tertiary/aromatic N) is 3. The summed E-state index contributed by atoms with van der Waals surface area (Å²) in [6.45, 7) is 1.85. The molecule has 2 aromatic carbocycles. The summed E-state index contributed by atoms with van der Waals surface area (Å²) in [6, 6.07) is 8.44. The zero-order valence-electron chi connectivity index (χ0n) is 22.5. The van der Waals surface area contributed by atoms with Crippen LogP contribution in [-0.2, 0) is 10.9 Å². The summed E-state index contributed by atoms with van der Waals surface area (Å²) in [6.07, 6.45) is -0.628. The zero-order valence-corrected chi connectivity index (χ0v) is 23.3. The molecule has 0 amide bonds. The molecule has 2 bridgehead atoms. The van der Waals surface area contributed by atoms with E-state index in [1.54, 1.807) is 12.1 Å². The summed E-state index contributed by atoms with van der Waals surface area (Å²) >= 11 is 1.46. The maximum absolute atomic E-state index is 13.8. The highest BCUT2D eigenvalue weighted by molar-refractivity contribution is 7.22. The van der Waals surface area contributed by atoms with Gasteiger partial charge in [-0.2, -0.15) is 13.2 Å². The van der Waals surface area contributed by atoms with Gasteiger partial charge in [0.25, 0.3) is 0 Å². The minimum absolute atomic E-state index is 0.0140. The van der Waals surface area contributed by atoms with E-state index in [1.165, 1.54) is 29.5 Å². The molecule has 2 aromatic heterocycles. The average Bonchev–Trinajstić information content (AvgIpc) is 3.43. The minimum atomic E-state index is -4.63. The number of rotatable bonds is 6. The van der Waals surface area contributed by atoms with E-state index in [0.717, 1.165) is 52.7 Å². The lowest BCUT2D eigenvalue weighted by Crippen LogP contribution is -2.46. The van der Waals surface area contributed by atoms with E-state index in [-0.39, 0.29) is 46.1 Å². The Balaban J connectivity index is 1.14. The summed E-state index contributed by atoms with van der Waals surface area (Å²) in [5.74, 6) is -1.47. The molecule has 3 aliphatic rings. The number of aromatic carboxylic acids is 1. The van der Waals surface area contributed by atoms with Gasteiger partial charge >= 0.3 is 18.1 Å². The van der Waals surface area contributed by atoms with Crippen molar-refractivity contribution in [1.29, 1.82) is 0 Å². The van der Waals surface area contributed by atoms with Crippen molar-refractivity contribution < 1.29 is 37.1 Å². The number of carboxylic acid groups (broad SMARTS) is 1. The number of halogens is 3. The van der Waals surface area contributed by atoms with Crippen molar-refractivity contribution in [2.45, 2.75) is 75.7 Å². The lowest BCUT2D eigenvalue weighted by atomic mass is 9.98. The van der Waals surface area contributed by atoms with Gasteiger partial charge in [0.15, 0.2) is 10.9 Å². The van der Waals surface area contributed by atoms with E-state index in [1.807, 2.05) is 6.92 Å². The van der Waals surface area contributed by atoms with Crippen molar-refractivity contribution in [3.8, 4) is 11.3 Å². The van der Waals surface area contributed by atoms with Gasteiger partial charge in [0, 0.05) is 36.4 Å². The molecule has 3 fully saturated rings. The number of anilines is 1. The molecule has 1 saturated carbocycles. The Morgan fingerprint density at radius 1 is 1.10 bits per heavy atom. The highest BCUT2D eigenvalue weighted by atomic mass is 32.1. The van der Waals surface area contributed by atoms with Crippen LogP contribution in [0, 0.1) is 6.92 Å². The number of ether oxygens (including phenoxy) is 1. The number of thiazole rings is 1. The number of aromatic nitrogens is 2. The maximum atomic E-state index is 13.8. The van der Waals surface area contributed by atoms with Gasteiger partial charge in [-0.05, 0) is 56.4 Å². The Morgan fingerprint density at radius 2 is 1.81 bits per heavy atom. The van der Waals surface area contributed by atoms with Crippen molar-refractivity contribution >= 4 is 38.6 Å². The monoisotopic (exact) mass is 597 g/mol. The molecule has 218 valence electrons. The van der Waals surface area contributed by atoms with E-state index in [9.17, 15) is 27.9 Å². The van der Waals surface area contributed by atoms with Gasteiger partial charge in [0.2, 0.25) is 0 Å². The van der Waals surface area contributed by atoms with Crippen LogP contribution in [0.3, 0.4) is 0 Å². The topological polar surface area (TPSA) is 106 Å². The number of hydrogen-bond donors (Lipinski definition) is 1. The summed E-state index contributed by atoms with van der Waals surface area (Å²) in [7, 11) is 0. The first kappa shape index (κ1) is 26.9. The number of esters is 1. The van der Waals surface area contributed by atoms with E-state index in [2.05, 4.69) is 10.1 Å². The van der Waals surface area contributed by atoms with Crippen molar-refractivity contribution in [1.82, 2.24) is 10.1 Å². The van der Waals surface area contributed by atoms with Gasteiger partial charge in [0.05, 0.1) is 21.3 Å². The lowest BCUT2D eigenvalue weighted by molar-refractivity contribution is -0.137. The van der Waals surface area contributed by atoms with Crippen LogP contribution in [0.2, 0.25) is 0 Å². The second-order valence-electron chi connectivity index (χ2n) is 11.3. The largest absolute Gasteiger partial charge is 0.478 e.